The Bertz CT molecular complexity index is 340. The second-order valence-corrected chi connectivity index (χ2v) is 3.51. The zero-order valence-corrected chi connectivity index (χ0v) is 9.49. The van der Waals surface area contributed by atoms with Gasteiger partial charge >= 0.3 is 6.03 Å². The van der Waals surface area contributed by atoms with Crippen LogP contribution >= 0.6 is 0 Å². The molecule has 0 atom stereocenters. The number of urea groups is 1. The van der Waals surface area contributed by atoms with Crippen LogP contribution in [0.4, 0.5) is 10.5 Å². The Labute approximate surface area is 95.7 Å². The highest BCUT2D eigenvalue weighted by Crippen LogP contribution is 2.16. The molecule has 0 fully saturated rings. The fourth-order valence-corrected chi connectivity index (χ4v) is 1.47. The summed E-state index contributed by atoms with van der Waals surface area (Å²) in [6, 6.07) is 7.45. The van der Waals surface area contributed by atoms with Crippen LogP contribution < -0.4 is 10.6 Å². The van der Waals surface area contributed by atoms with E-state index >= 15 is 0 Å². The summed E-state index contributed by atoms with van der Waals surface area (Å²) in [5.74, 6) is 0. The van der Waals surface area contributed by atoms with Gasteiger partial charge in [0, 0.05) is 12.2 Å². The van der Waals surface area contributed by atoms with E-state index in [-0.39, 0.29) is 19.2 Å². The summed E-state index contributed by atoms with van der Waals surface area (Å²) in [5.41, 5.74) is 1.96. The van der Waals surface area contributed by atoms with Gasteiger partial charge in [0.2, 0.25) is 0 Å². The maximum absolute atomic E-state index is 11.4. The van der Waals surface area contributed by atoms with Crippen molar-refractivity contribution in [1.82, 2.24) is 5.32 Å². The molecule has 4 nitrogen and oxygen atoms in total. The standard InChI is InChI=1S/C12H18N2O2/c1-2-5-10-6-3-4-7-11(10)14-12(16)13-8-9-15/h3-4,6-7,15H,2,5,8-9H2,1H3,(H2,13,14,16). The van der Waals surface area contributed by atoms with Crippen LogP contribution in [-0.4, -0.2) is 24.3 Å². The molecule has 3 N–H and O–H groups in total. The lowest BCUT2D eigenvalue weighted by atomic mass is 10.1. The van der Waals surface area contributed by atoms with E-state index in [9.17, 15) is 4.79 Å². The molecule has 0 aliphatic carbocycles. The van der Waals surface area contributed by atoms with E-state index in [0.29, 0.717) is 0 Å². The van der Waals surface area contributed by atoms with E-state index in [0.717, 1.165) is 24.1 Å². The normalized spacial score (nSPS) is 9.88. The third-order valence-electron chi connectivity index (χ3n) is 2.18. The Morgan fingerprint density at radius 1 is 1.38 bits per heavy atom. The van der Waals surface area contributed by atoms with Crippen molar-refractivity contribution in [2.24, 2.45) is 0 Å². The first-order valence-electron chi connectivity index (χ1n) is 5.51. The first-order chi connectivity index (χ1) is 7.77. The largest absolute Gasteiger partial charge is 0.395 e. The van der Waals surface area contributed by atoms with Crippen molar-refractivity contribution in [1.29, 1.82) is 0 Å². The van der Waals surface area contributed by atoms with E-state index in [1.54, 1.807) is 0 Å². The van der Waals surface area contributed by atoms with E-state index in [1.807, 2.05) is 24.3 Å². The Morgan fingerprint density at radius 2 is 2.12 bits per heavy atom. The van der Waals surface area contributed by atoms with Gasteiger partial charge in [0.1, 0.15) is 0 Å². The summed E-state index contributed by atoms with van der Waals surface area (Å²) in [5, 5.41) is 13.9. The molecule has 1 rings (SSSR count). The summed E-state index contributed by atoms with van der Waals surface area (Å²) in [4.78, 5) is 11.4. The van der Waals surface area contributed by atoms with Crippen molar-refractivity contribution in [2.45, 2.75) is 19.8 Å². The predicted molar refractivity (Wildman–Crippen MR) is 64.5 cm³/mol. The van der Waals surface area contributed by atoms with Crippen LogP contribution in [0, 0.1) is 0 Å². The van der Waals surface area contributed by atoms with Crippen molar-refractivity contribution in [2.75, 3.05) is 18.5 Å². The van der Waals surface area contributed by atoms with Gasteiger partial charge in [-0.3, -0.25) is 0 Å². The molecule has 2 amide bonds. The summed E-state index contributed by atoms with van der Waals surface area (Å²) in [7, 11) is 0. The maximum atomic E-state index is 11.4. The molecule has 0 radical (unpaired) electrons. The average molecular weight is 222 g/mol. The molecule has 0 bridgehead atoms. The number of carbonyl (C=O) groups is 1. The summed E-state index contributed by atoms with van der Waals surface area (Å²) >= 11 is 0. The van der Waals surface area contributed by atoms with Crippen molar-refractivity contribution < 1.29 is 9.90 Å². The number of para-hydroxylation sites is 1. The zero-order chi connectivity index (χ0) is 11.8. The van der Waals surface area contributed by atoms with Gasteiger partial charge < -0.3 is 15.7 Å². The number of aliphatic hydroxyl groups excluding tert-OH is 1. The minimum Gasteiger partial charge on any atom is -0.395 e. The molecule has 0 spiro atoms. The number of amides is 2. The van der Waals surface area contributed by atoms with Crippen molar-refractivity contribution in [3.63, 3.8) is 0 Å². The van der Waals surface area contributed by atoms with Gasteiger partial charge in [0.15, 0.2) is 0 Å². The molecule has 0 aliphatic rings. The number of hydrogen-bond acceptors (Lipinski definition) is 2. The lowest BCUT2D eigenvalue weighted by Crippen LogP contribution is -2.31. The number of aryl methyl sites for hydroxylation is 1. The third-order valence-corrected chi connectivity index (χ3v) is 2.18. The molecule has 1 aromatic rings. The second-order valence-electron chi connectivity index (χ2n) is 3.51. The topological polar surface area (TPSA) is 61.4 Å². The van der Waals surface area contributed by atoms with Gasteiger partial charge in [-0.2, -0.15) is 0 Å². The maximum Gasteiger partial charge on any atom is 0.319 e. The zero-order valence-electron chi connectivity index (χ0n) is 9.49. The number of carbonyl (C=O) groups excluding carboxylic acids is 1. The molecule has 88 valence electrons. The number of benzene rings is 1. The van der Waals surface area contributed by atoms with Crippen LogP contribution in [0.5, 0.6) is 0 Å². The lowest BCUT2D eigenvalue weighted by molar-refractivity contribution is 0.245. The molecule has 0 unspecified atom stereocenters. The van der Waals surface area contributed by atoms with Gasteiger partial charge in [-0.05, 0) is 18.1 Å². The summed E-state index contributed by atoms with van der Waals surface area (Å²) < 4.78 is 0. The minimum atomic E-state index is -0.280. The number of nitrogens with one attached hydrogen (secondary N) is 2. The Hall–Kier alpha value is -1.55. The van der Waals surface area contributed by atoms with Gasteiger partial charge in [-0.1, -0.05) is 31.5 Å². The molecule has 16 heavy (non-hydrogen) atoms. The molecule has 0 aromatic heterocycles. The monoisotopic (exact) mass is 222 g/mol. The van der Waals surface area contributed by atoms with Gasteiger partial charge in [-0.25, -0.2) is 4.79 Å². The Morgan fingerprint density at radius 3 is 2.81 bits per heavy atom. The average Bonchev–Trinajstić information content (AvgIpc) is 2.29. The van der Waals surface area contributed by atoms with Crippen LogP contribution in [0.1, 0.15) is 18.9 Å². The SMILES string of the molecule is CCCc1ccccc1NC(=O)NCCO. The van der Waals surface area contributed by atoms with Crippen LogP contribution in [0.25, 0.3) is 0 Å². The molecular formula is C12H18N2O2. The number of aliphatic hydroxyl groups is 1. The molecule has 1 aromatic carbocycles. The Balaban J connectivity index is 2.61. The van der Waals surface area contributed by atoms with Crippen LogP contribution in [0.2, 0.25) is 0 Å². The van der Waals surface area contributed by atoms with Crippen LogP contribution in [0.3, 0.4) is 0 Å². The summed E-state index contributed by atoms with van der Waals surface area (Å²) in [6.07, 6.45) is 1.98. The first-order valence-corrected chi connectivity index (χ1v) is 5.51. The fourth-order valence-electron chi connectivity index (χ4n) is 1.47. The highest BCUT2D eigenvalue weighted by Gasteiger charge is 2.04. The second kappa shape index (κ2) is 6.85. The third kappa shape index (κ3) is 3.90. The fraction of sp³-hybridized carbons (Fsp3) is 0.417. The predicted octanol–water partition coefficient (Wildman–Crippen LogP) is 1.75. The molecule has 0 saturated heterocycles. The molecule has 4 heteroatoms. The van der Waals surface area contributed by atoms with E-state index in [2.05, 4.69) is 17.6 Å². The molecular weight excluding hydrogens is 204 g/mol. The first kappa shape index (κ1) is 12.5. The van der Waals surface area contributed by atoms with Crippen LogP contribution in [0.15, 0.2) is 24.3 Å². The van der Waals surface area contributed by atoms with Crippen molar-refractivity contribution in [3.05, 3.63) is 29.8 Å². The lowest BCUT2D eigenvalue weighted by Gasteiger charge is -2.10. The quantitative estimate of drug-likeness (QED) is 0.710. The van der Waals surface area contributed by atoms with E-state index < -0.39 is 0 Å². The van der Waals surface area contributed by atoms with Crippen LogP contribution in [-0.2, 0) is 6.42 Å². The number of hydrogen-bond donors (Lipinski definition) is 3. The van der Waals surface area contributed by atoms with Crippen molar-refractivity contribution >= 4 is 11.7 Å². The highest BCUT2D eigenvalue weighted by atomic mass is 16.3. The molecule has 0 saturated carbocycles. The van der Waals surface area contributed by atoms with E-state index in [1.165, 1.54) is 0 Å². The molecule has 0 aliphatic heterocycles. The minimum absolute atomic E-state index is 0.0516. The summed E-state index contributed by atoms with van der Waals surface area (Å²) in [6.45, 7) is 2.31. The van der Waals surface area contributed by atoms with E-state index in [4.69, 9.17) is 5.11 Å². The number of rotatable bonds is 5. The van der Waals surface area contributed by atoms with Gasteiger partial charge in [-0.15, -0.1) is 0 Å². The highest BCUT2D eigenvalue weighted by molar-refractivity contribution is 5.90. The van der Waals surface area contributed by atoms with Crippen molar-refractivity contribution in [3.8, 4) is 0 Å². The van der Waals surface area contributed by atoms with Gasteiger partial charge in [0.25, 0.3) is 0 Å². The van der Waals surface area contributed by atoms with Gasteiger partial charge in [0.05, 0.1) is 6.61 Å². The number of anilines is 1. The Kier molecular flexibility index (Phi) is 5.36. The smallest absolute Gasteiger partial charge is 0.319 e. The molecule has 0 heterocycles.